The number of rotatable bonds is 14. The standard InChI is InChI=1S/C37H34O4/c1-5-27(3)38-23-25-40-31-19-15-29(16-20-31)37(30-17-21-32(22-18-30)41-26-24-39-28(4)6-2)35-13-9-7-11-33(35)34-12-8-10-14-36(34)37/h5-22H,1-4,23-26H2. The molecule has 0 aliphatic heterocycles. The van der Waals surface area contributed by atoms with E-state index in [9.17, 15) is 0 Å². The molecule has 0 N–H and O–H groups in total. The summed E-state index contributed by atoms with van der Waals surface area (Å²) in [5, 5.41) is 0. The van der Waals surface area contributed by atoms with Gasteiger partial charge >= 0.3 is 0 Å². The fourth-order valence-corrected chi connectivity index (χ4v) is 5.41. The second kappa shape index (κ2) is 12.5. The molecular weight excluding hydrogens is 508 g/mol. The van der Waals surface area contributed by atoms with Gasteiger partial charge in [0.15, 0.2) is 0 Å². The van der Waals surface area contributed by atoms with Crippen molar-refractivity contribution in [3.63, 3.8) is 0 Å². The predicted octanol–water partition coefficient (Wildman–Crippen LogP) is 8.24. The van der Waals surface area contributed by atoms with E-state index in [0.29, 0.717) is 37.9 Å². The van der Waals surface area contributed by atoms with Crippen LogP contribution in [0.2, 0.25) is 0 Å². The zero-order valence-electron chi connectivity index (χ0n) is 23.2. The average molecular weight is 543 g/mol. The predicted molar refractivity (Wildman–Crippen MR) is 165 cm³/mol. The van der Waals surface area contributed by atoms with Crippen molar-refractivity contribution in [2.24, 2.45) is 0 Å². The fraction of sp³-hybridized carbons (Fsp3) is 0.135. The van der Waals surface area contributed by atoms with E-state index in [1.165, 1.54) is 22.3 Å². The molecule has 4 nitrogen and oxygen atoms in total. The summed E-state index contributed by atoms with van der Waals surface area (Å²) in [5.74, 6) is 2.63. The molecule has 0 saturated heterocycles. The van der Waals surface area contributed by atoms with Gasteiger partial charge in [0, 0.05) is 0 Å². The Kier molecular flexibility index (Phi) is 8.40. The Labute approximate surface area is 242 Å². The van der Waals surface area contributed by atoms with E-state index in [1.54, 1.807) is 12.2 Å². The molecule has 0 spiro atoms. The van der Waals surface area contributed by atoms with Crippen LogP contribution in [0.5, 0.6) is 11.5 Å². The van der Waals surface area contributed by atoms with Crippen LogP contribution >= 0.6 is 0 Å². The summed E-state index contributed by atoms with van der Waals surface area (Å²) in [6.07, 6.45) is 3.17. The van der Waals surface area contributed by atoms with Crippen molar-refractivity contribution >= 4 is 0 Å². The maximum Gasteiger partial charge on any atom is 0.122 e. The van der Waals surface area contributed by atoms with Crippen molar-refractivity contribution in [3.8, 4) is 22.6 Å². The van der Waals surface area contributed by atoms with Crippen LogP contribution in [0.4, 0.5) is 0 Å². The number of ether oxygens (including phenoxy) is 4. The molecule has 1 aliphatic carbocycles. The van der Waals surface area contributed by atoms with Crippen LogP contribution in [-0.4, -0.2) is 26.4 Å². The molecule has 0 amide bonds. The van der Waals surface area contributed by atoms with Gasteiger partial charge in [-0.2, -0.15) is 0 Å². The lowest BCUT2D eigenvalue weighted by molar-refractivity contribution is 0.165. The van der Waals surface area contributed by atoms with Gasteiger partial charge in [-0.05, 0) is 69.8 Å². The molecule has 0 heterocycles. The lowest BCUT2D eigenvalue weighted by Gasteiger charge is -2.34. The highest BCUT2D eigenvalue weighted by Crippen LogP contribution is 2.56. The number of hydrogen-bond acceptors (Lipinski definition) is 4. The van der Waals surface area contributed by atoms with Crippen LogP contribution in [0.3, 0.4) is 0 Å². The van der Waals surface area contributed by atoms with Crippen LogP contribution in [0, 0.1) is 0 Å². The van der Waals surface area contributed by atoms with E-state index in [-0.39, 0.29) is 0 Å². The first-order valence-electron chi connectivity index (χ1n) is 13.6. The zero-order chi connectivity index (χ0) is 28.7. The summed E-state index contributed by atoms with van der Waals surface area (Å²) in [7, 11) is 0. The molecule has 4 heteroatoms. The summed E-state index contributed by atoms with van der Waals surface area (Å²) in [6, 6.07) is 34.1. The summed E-state index contributed by atoms with van der Waals surface area (Å²) in [6.45, 7) is 16.5. The molecule has 4 aromatic carbocycles. The van der Waals surface area contributed by atoms with Crippen LogP contribution in [-0.2, 0) is 14.9 Å². The van der Waals surface area contributed by atoms with Crippen molar-refractivity contribution in [3.05, 3.63) is 169 Å². The third-order valence-corrected chi connectivity index (χ3v) is 7.26. The second-order valence-corrected chi connectivity index (χ2v) is 9.62. The Balaban J connectivity index is 1.48. The first kappa shape index (κ1) is 27.6. The van der Waals surface area contributed by atoms with Crippen LogP contribution < -0.4 is 9.47 Å². The Morgan fingerprint density at radius 3 is 1.32 bits per heavy atom. The Morgan fingerprint density at radius 2 is 0.927 bits per heavy atom. The van der Waals surface area contributed by atoms with Crippen LogP contribution in [0.25, 0.3) is 11.1 Å². The monoisotopic (exact) mass is 542 g/mol. The number of hydrogen-bond donors (Lipinski definition) is 0. The van der Waals surface area contributed by atoms with E-state index in [2.05, 4.69) is 99.1 Å². The van der Waals surface area contributed by atoms with E-state index in [0.717, 1.165) is 22.6 Å². The molecular formula is C37H34O4. The minimum atomic E-state index is -0.500. The Bertz CT molecular complexity index is 1430. The van der Waals surface area contributed by atoms with E-state index < -0.39 is 5.41 Å². The SMILES string of the molecule is C=CC(=C)OCCOc1ccc(C2(c3ccc(OCCOC(=C)C=C)cc3)c3ccccc3-c3ccccc32)cc1. The quantitative estimate of drug-likeness (QED) is 0.0804. The summed E-state index contributed by atoms with van der Waals surface area (Å²) < 4.78 is 22.8. The van der Waals surface area contributed by atoms with Gasteiger partial charge in [-0.1, -0.05) is 99.1 Å². The van der Waals surface area contributed by atoms with Gasteiger partial charge in [0.2, 0.25) is 0 Å². The van der Waals surface area contributed by atoms with Crippen molar-refractivity contribution in [1.29, 1.82) is 0 Å². The lowest BCUT2D eigenvalue weighted by atomic mass is 9.68. The molecule has 0 bridgehead atoms. The molecule has 0 atom stereocenters. The van der Waals surface area contributed by atoms with Crippen molar-refractivity contribution < 1.29 is 18.9 Å². The largest absolute Gasteiger partial charge is 0.491 e. The Hall–Kier alpha value is -4.96. The normalized spacial score (nSPS) is 12.4. The molecule has 0 radical (unpaired) electrons. The third kappa shape index (κ3) is 5.55. The molecule has 5 rings (SSSR count). The summed E-state index contributed by atoms with van der Waals surface area (Å²) in [4.78, 5) is 0. The molecule has 0 unspecified atom stereocenters. The van der Waals surface area contributed by atoms with Gasteiger partial charge < -0.3 is 18.9 Å². The topological polar surface area (TPSA) is 36.9 Å². The maximum absolute atomic E-state index is 5.94. The first-order chi connectivity index (χ1) is 20.1. The highest BCUT2D eigenvalue weighted by atomic mass is 16.5. The van der Waals surface area contributed by atoms with Gasteiger partial charge in [0.25, 0.3) is 0 Å². The van der Waals surface area contributed by atoms with Crippen molar-refractivity contribution in [2.75, 3.05) is 26.4 Å². The highest BCUT2D eigenvalue weighted by Gasteiger charge is 2.45. The molecule has 4 aromatic rings. The van der Waals surface area contributed by atoms with E-state index in [4.69, 9.17) is 18.9 Å². The highest BCUT2D eigenvalue weighted by molar-refractivity contribution is 5.86. The van der Waals surface area contributed by atoms with Gasteiger partial charge in [-0.15, -0.1) is 0 Å². The molecule has 0 fully saturated rings. The van der Waals surface area contributed by atoms with Gasteiger partial charge in [0.05, 0.1) is 5.41 Å². The lowest BCUT2D eigenvalue weighted by Crippen LogP contribution is -2.28. The second-order valence-electron chi connectivity index (χ2n) is 9.62. The number of benzene rings is 4. The third-order valence-electron chi connectivity index (χ3n) is 7.26. The summed E-state index contributed by atoms with van der Waals surface area (Å²) >= 11 is 0. The van der Waals surface area contributed by atoms with Crippen LogP contribution in [0.1, 0.15) is 22.3 Å². The molecule has 206 valence electrons. The maximum atomic E-state index is 5.94. The first-order valence-corrected chi connectivity index (χ1v) is 13.6. The minimum Gasteiger partial charge on any atom is -0.491 e. The van der Waals surface area contributed by atoms with Gasteiger partial charge in [-0.3, -0.25) is 0 Å². The van der Waals surface area contributed by atoms with Gasteiger partial charge in [-0.25, -0.2) is 0 Å². The smallest absolute Gasteiger partial charge is 0.122 e. The minimum absolute atomic E-state index is 0.404. The number of fused-ring (bicyclic) bond motifs is 3. The van der Waals surface area contributed by atoms with Crippen molar-refractivity contribution in [1.82, 2.24) is 0 Å². The van der Waals surface area contributed by atoms with Crippen molar-refractivity contribution in [2.45, 2.75) is 5.41 Å². The van der Waals surface area contributed by atoms with Crippen LogP contribution in [0.15, 0.2) is 147 Å². The molecule has 0 saturated carbocycles. The molecule has 1 aliphatic rings. The average Bonchev–Trinajstić information content (AvgIpc) is 3.33. The van der Waals surface area contributed by atoms with Gasteiger partial charge in [0.1, 0.15) is 49.4 Å². The zero-order valence-corrected chi connectivity index (χ0v) is 23.2. The summed E-state index contributed by atoms with van der Waals surface area (Å²) in [5.41, 5.74) is 6.78. The molecule has 0 aromatic heterocycles. The Morgan fingerprint density at radius 1 is 0.537 bits per heavy atom. The van der Waals surface area contributed by atoms with E-state index >= 15 is 0 Å². The molecule has 41 heavy (non-hydrogen) atoms. The fourth-order valence-electron chi connectivity index (χ4n) is 5.41. The van der Waals surface area contributed by atoms with E-state index in [1.807, 2.05) is 24.3 Å². The number of allylic oxidation sites excluding steroid dienone is 2.